The third-order valence-corrected chi connectivity index (χ3v) is 5.18. The van der Waals surface area contributed by atoms with Crippen molar-refractivity contribution in [2.24, 2.45) is 0 Å². The first-order valence-electron chi connectivity index (χ1n) is 8.82. The van der Waals surface area contributed by atoms with Gasteiger partial charge in [-0.3, -0.25) is 19.6 Å². The zero-order chi connectivity index (χ0) is 17.1. The second-order valence-corrected chi connectivity index (χ2v) is 7.07. The molecule has 132 valence electrons. The molecule has 2 aliphatic rings. The van der Waals surface area contributed by atoms with E-state index < -0.39 is 0 Å². The van der Waals surface area contributed by atoms with E-state index in [0.29, 0.717) is 17.4 Å². The van der Waals surface area contributed by atoms with Crippen LogP contribution in [0.15, 0.2) is 6.07 Å². The molecule has 2 saturated heterocycles. The van der Waals surface area contributed by atoms with Crippen LogP contribution in [0.2, 0.25) is 0 Å². The maximum Gasteiger partial charge on any atom is 0.269 e. The van der Waals surface area contributed by atoms with E-state index >= 15 is 0 Å². The summed E-state index contributed by atoms with van der Waals surface area (Å²) < 4.78 is 0. The van der Waals surface area contributed by atoms with E-state index in [-0.39, 0.29) is 17.7 Å². The molecule has 0 unspecified atom stereocenters. The highest BCUT2D eigenvalue weighted by Crippen LogP contribution is 2.20. The fourth-order valence-corrected chi connectivity index (χ4v) is 3.70. The van der Waals surface area contributed by atoms with Crippen molar-refractivity contribution < 1.29 is 9.59 Å². The van der Waals surface area contributed by atoms with Gasteiger partial charge in [-0.2, -0.15) is 5.10 Å². The summed E-state index contributed by atoms with van der Waals surface area (Å²) in [5, 5.41) is 9.62. The monoisotopic (exact) mass is 333 g/mol. The molecule has 7 nitrogen and oxygen atoms in total. The highest BCUT2D eigenvalue weighted by Gasteiger charge is 2.29. The van der Waals surface area contributed by atoms with Gasteiger partial charge in [-0.15, -0.1) is 0 Å². The zero-order valence-corrected chi connectivity index (χ0v) is 14.5. The fourth-order valence-electron chi connectivity index (χ4n) is 3.70. The summed E-state index contributed by atoms with van der Waals surface area (Å²) in [4.78, 5) is 28.6. The Balaban J connectivity index is 1.54. The number of amides is 1. The fraction of sp³-hybridized carbons (Fsp3) is 0.706. The molecule has 1 atom stereocenters. The maximum absolute atomic E-state index is 12.4. The average Bonchev–Trinajstić information content (AvgIpc) is 3.06. The van der Waals surface area contributed by atoms with Crippen LogP contribution in [-0.4, -0.2) is 77.0 Å². The molecule has 2 N–H and O–H groups in total. The van der Waals surface area contributed by atoms with Crippen LogP contribution in [0.25, 0.3) is 0 Å². The number of rotatable bonds is 4. The van der Waals surface area contributed by atoms with Crippen LogP contribution in [0.3, 0.4) is 0 Å². The highest BCUT2D eigenvalue weighted by molar-refractivity contribution is 5.97. The number of nitrogens with zero attached hydrogens (tertiary/aromatic N) is 3. The molecule has 0 aromatic carbocycles. The lowest BCUT2D eigenvalue weighted by Gasteiger charge is -2.41. The van der Waals surface area contributed by atoms with Crippen LogP contribution in [0, 0.1) is 0 Å². The number of carbonyl (C=O) groups excluding carboxylic acids is 2. The molecule has 0 spiro atoms. The van der Waals surface area contributed by atoms with Gasteiger partial charge in [0.15, 0.2) is 5.78 Å². The Kier molecular flexibility index (Phi) is 5.30. The highest BCUT2D eigenvalue weighted by atomic mass is 16.2. The number of aromatic amines is 1. The summed E-state index contributed by atoms with van der Waals surface area (Å²) in [5.41, 5.74) is 0.661. The largest absolute Gasteiger partial charge is 0.347 e. The molecule has 0 bridgehead atoms. The van der Waals surface area contributed by atoms with Crippen molar-refractivity contribution in [3.8, 4) is 0 Å². The quantitative estimate of drug-likeness (QED) is 0.800. The van der Waals surface area contributed by atoms with Gasteiger partial charge in [-0.1, -0.05) is 0 Å². The minimum Gasteiger partial charge on any atom is -0.347 e. The number of H-pyrrole nitrogens is 1. The van der Waals surface area contributed by atoms with Crippen molar-refractivity contribution in [3.05, 3.63) is 17.5 Å². The number of ketones is 1. The van der Waals surface area contributed by atoms with Gasteiger partial charge < -0.3 is 10.2 Å². The Morgan fingerprint density at radius 3 is 2.67 bits per heavy atom. The minimum absolute atomic E-state index is 0.142. The van der Waals surface area contributed by atoms with Crippen LogP contribution >= 0.6 is 0 Å². The van der Waals surface area contributed by atoms with E-state index in [1.165, 1.54) is 25.8 Å². The number of aromatic nitrogens is 2. The summed E-state index contributed by atoms with van der Waals surface area (Å²) >= 11 is 0. The smallest absolute Gasteiger partial charge is 0.269 e. The molecule has 1 aromatic heterocycles. The number of carbonyl (C=O) groups is 2. The van der Waals surface area contributed by atoms with Crippen LogP contribution in [0.1, 0.15) is 53.6 Å². The number of Topliss-reactive ketones (excluding diaryl/α,β-unsaturated/α-hetero) is 1. The Morgan fingerprint density at radius 2 is 2.00 bits per heavy atom. The van der Waals surface area contributed by atoms with Crippen molar-refractivity contribution in [2.45, 2.75) is 44.7 Å². The zero-order valence-electron chi connectivity index (χ0n) is 14.5. The van der Waals surface area contributed by atoms with E-state index in [1.807, 2.05) is 0 Å². The first kappa shape index (κ1) is 17.1. The van der Waals surface area contributed by atoms with Gasteiger partial charge in [0, 0.05) is 25.6 Å². The third kappa shape index (κ3) is 4.02. The lowest BCUT2D eigenvalue weighted by Crippen LogP contribution is -2.53. The molecule has 1 amide bonds. The van der Waals surface area contributed by atoms with E-state index in [0.717, 1.165) is 39.0 Å². The van der Waals surface area contributed by atoms with Crippen molar-refractivity contribution in [1.82, 2.24) is 25.3 Å². The normalized spacial score (nSPS) is 24.0. The second-order valence-electron chi connectivity index (χ2n) is 7.07. The molecule has 0 aliphatic carbocycles. The topological polar surface area (TPSA) is 81.3 Å². The van der Waals surface area contributed by atoms with E-state index in [2.05, 4.69) is 32.4 Å². The van der Waals surface area contributed by atoms with Gasteiger partial charge >= 0.3 is 0 Å². The van der Waals surface area contributed by atoms with Gasteiger partial charge in [0.25, 0.3) is 5.91 Å². The lowest BCUT2D eigenvalue weighted by molar-refractivity contribution is 0.0763. The number of nitrogens with one attached hydrogen (secondary N) is 2. The van der Waals surface area contributed by atoms with Crippen LogP contribution in [-0.2, 0) is 0 Å². The first-order chi connectivity index (χ1) is 11.5. The molecular formula is C17H27N5O2. The van der Waals surface area contributed by atoms with Crippen molar-refractivity contribution >= 4 is 11.7 Å². The molecule has 0 radical (unpaired) electrons. The molecule has 3 rings (SSSR count). The number of hydrogen-bond acceptors (Lipinski definition) is 5. The molecule has 7 heteroatoms. The van der Waals surface area contributed by atoms with Crippen molar-refractivity contribution in [1.29, 1.82) is 0 Å². The lowest BCUT2D eigenvalue weighted by atomic mass is 9.98. The Morgan fingerprint density at radius 1 is 1.25 bits per heavy atom. The molecule has 3 heterocycles. The van der Waals surface area contributed by atoms with E-state index in [4.69, 9.17) is 0 Å². The van der Waals surface area contributed by atoms with E-state index in [9.17, 15) is 9.59 Å². The van der Waals surface area contributed by atoms with E-state index in [1.54, 1.807) is 0 Å². The van der Waals surface area contributed by atoms with Gasteiger partial charge in [-0.25, -0.2) is 0 Å². The summed E-state index contributed by atoms with van der Waals surface area (Å²) in [5.74, 6) is -0.318. The standard InChI is InChI=1S/C17H27N5O2/c1-12(23)15-10-16(20-19-15)17(24)18-13-4-3-7-22(11-13)14-5-8-21(2)9-6-14/h10,13-14H,3-9,11H2,1-2H3,(H,18,24)(H,19,20)/t13-/m0/s1. The Bertz CT molecular complexity index is 592. The van der Waals surface area contributed by atoms with Crippen LogP contribution < -0.4 is 5.32 Å². The Labute approximate surface area is 142 Å². The van der Waals surface area contributed by atoms with Crippen LogP contribution in [0.4, 0.5) is 0 Å². The van der Waals surface area contributed by atoms with Crippen molar-refractivity contribution in [3.63, 3.8) is 0 Å². The molecule has 2 fully saturated rings. The third-order valence-electron chi connectivity index (χ3n) is 5.18. The number of likely N-dealkylation sites (tertiary alicyclic amines) is 2. The number of piperidine rings is 2. The predicted octanol–water partition coefficient (Wildman–Crippen LogP) is 0.901. The molecule has 24 heavy (non-hydrogen) atoms. The van der Waals surface area contributed by atoms with Gasteiger partial charge in [-0.05, 0) is 58.4 Å². The number of hydrogen-bond donors (Lipinski definition) is 2. The Hall–Kier alpha value is -1.73. The predicted molar refractivity (Wildman–Crippen MR) is 91.2 cm³/mol. The minimum atomic E-state index is -0.176. The molecule has 0 saturated carbocycles. The molecule has 2 aliphatic heterocycles. The first-order valence-corrected chi connectivity index (χ1v) is 8.82. The molecular weight excluding hydrogens is 306 g/mol. The molecule has 1 aromatic rings. The summed E-state index contributed by atoms with van der Waals surface area (Å²) in [6, 6.07) is 2.32. The SMILES string of the molecule is CC(=O)c1cc(C(=O)N[C@H]2CCCN(C3CCN(C)CC3)C2)[nH]n1. The van der Waals surface area contributed by atoms with Gasteiger partial charge in [0.05, 0.1) is 0 Å². The average molecular weight is 333 g/mol. The summed E-state index contributed by atoms with van der Waals surface area (Å²) in [7, 11) is 2.18. The van der Waals surface area contributed by atoms with Gasteiger partial charge in [0.2, 0.25) is 0 Å². The summed E-state index contributed by atoms with van der Waals surface area (Å²) in [6.07, 6.45) is 4.53. The summed E-state index contributed by atoms with van der Waals surface area (Å²) in [6.45, 7) is 5.78. The maximum atomic E-state index is 12.4. The van der Waals surface area contributed by atoms with Crippen molar-refractivity contribution in [2.75, 3.05) is 33.2 Å². The van der Waals surface area contributed by atoms with Crippen LogP contribution in [0.5, 0.6) is 0 Å². The van der Waals surface area contributed by atoms with Gasteiger partial charge in [0.1, 0.15) is 11.4 Å². The second kappa shape index (κ2) is 7.44.